The molecule has 2 aliphatic heterocycles. The van der Waals surface area contributed by atoms with E-state index in [1.165, 1.54) is 0 Å². The van der Waals surface area contributed by atoms with E-state index in [9.17, 15) is 19.8 Å². The zero-order chi connectivity index (χ0) is 33.2. The molecule has 14 heteroatoms. The van der Waals surface area contributed by atoms with E-state index in [1.54, 1.807) is 10.9 Å². The van der Waals surface area contributed by atoms with Gasteiger partial charge in [0, 0.05) is 44.2 Å². The van der Waals surface area contributed by atoms with Crippen LogP contribution in [0.25, 0.3) is 11.2 Å². The number of benzene rings is 2. The van der Waals surface area contributed by atoms with E-state index in [1.807, 2.05) is 41.3 Å². The van der Waals surface area contributed by atoms with E-state index in [0.717, 1.165) is 37.1 Å². The van der Waals surface area contributed by atoms with Crippen molar-refractivity contribution < 1.29 is 19.8 Å². The average Bonchev–Trinajstić information content (AvgIpc) is 3.91. The summed E-state index contributed by atoms with van der Waals surface area (Å²) >= 11 is 0. The first kappa shape index (κ1) is 31.8. The smallest absolute Gasteiger partial charge is 0.315 e. The third-order valence-electron chi connectivity index (χ3n) is 9.86. The van der Waals surface area contributed by atoms with Crippen molar-refractivity contribution in [2.45, 2.75) is 55.5 Å². The number of aromatic nitrogens is 4. The van der Waals surface area contributed by atoms with Crippen LogP contribution in [0, 0.1) is 5.92 Å². The van der Waals surface area contributed by atoms with Crippen LogP contribution in [0.15, 0.2) is 67.0 Å². The van der Waals surface area contributed by atoms with Gasteiger partial charge in [-0.3, -0.25) is 4.79 Å². The lowest BCUT2D eigenvalue weighted by Gasteiger charge is -2.22. The summed E-state index contributed by atoms with van der Waals surface area (Å²) in [5.74, 6) is -0.571. The summed E-state index contributed by atoms with van der Waals surface area (Å²) in [6.45, 7) is 3.32. The number of imidazole rings is 1. The summed E-state index contributed by atoms with van der Waals surface area (Å²) in [5, 5.41) is 34.6. The van der Waals surface area contributed by atoms with Crippen LogP contribution in [0.2, 0.25) is 0 Å². The summed E-state index contributed by atoms with van der Waals surface area (Å²) < 4.78 is 1.71. The topological polar surface area (TPSA) is 196 Å². The van der Waals surface area contributed by atoms with Gasteiger partial charge in [0.1, 0.15) is 6.10 Å². The fraction of sp³-hybridized carbons (Fsp3) is 0.441. The first-order valence-electron chi connectivity index (χ1n) is 16.6. The van der Waals surface area contributed by atoms with E-state index >= 15 is 0 Å². The second kappa shape index (κ2) is 13.7. The quantitative estimate of drug-likeness (QED) is 0.130. The van der Waals surface area contributed by atoms with Gasteiger partial charge < -0.3 is 46.7 Å². The number of fused-ring (bicyclic) bond motifs is 1. The van der Waals surface area contributed by atoms with Crippen molar-refractivity contribution >= 4 is 34.9 Å². The second-order valence-electron chi connectivity index (χ2n) is 13.0. The molecule has 14 nitrogen and oxygen atoms in total. The standard InChI is InChI=1S/C34H42N10O4/c35-30(47)24-15-26(29(46)28(24)45)44-19-38-27-31(37-17-25(20-7-3-1-4-8-20)21-9-5-2-6-10-21)41-33(42-32(27)44)43-14-12-23(18-43)40-34(48)39-22-11-13-36-16-22/h1-10,19,22-26,28-29,36,45-46H,11-18H2,(H2,35,47)(H,37,41,42)(H2,39,40,48)/t22?,23-,24+,26-,28-,29+/m1/s1. The summed E-state index contributed by atoms with van der Waals surface area (Å²) in [7, 11) is 0. The largest absolute Gasteiger partial charge is 0.390 e. The highest BCUT2D eigenvalue weighted by Crippen LogP contribution is 2.38. The molecule has 0 radical (unpaired) electrons. The third-order valence-corrected chi connectivity index (χ3v) is 9.86. The molecule has 1 unspecified atom stereocenters. The lowest BCUT2D eigenvalue weighted by Crippen LogP contribution is -2.47. The normalized spacial score (nSPS) is 25.5. The van der Waals surface area contributed by atoms with Gasteiger partial charge in [-0.25, -0.2) is 9.78 Å². The van der Waals surface area contributed by atoms with E-state index in [0.29, 0.717) is 42.6 Å². The van der Waals surface area contributed by atoms with Gasteiger partial charge in [0.15, 0.2) is 17.0 Å². The molecule has 252 valence electrons. The highest BCUT2D eigenvalue weighted by atomic mass is 16.3. The van der Waals surface area contributed by atoms with Crippen LogP contribution in [0.5, 0.6) is 0 Å². The first-order valence-corrected chi connectivity index (χ1v) is 16.6. The van der Waals surface area contributed by atoms with Crippen molar-refractivity contribution in [3.63, 3.8) is 0 Å². The lowest BCUT2D eigenvalue weighted by molar-refractivity contribution is -0.125. The molecule has 2 aromatic carbocycles. The Bertz CT molecular complexity index is 1690. The van der Waals surface area contributed by atoms with E-state index in [2.05, 4.69) is 50.5 Å². The molecule has 6 atom stereocenters. The molecule has 3 amide bonds. The molecule has 2 saturated heterocycles. The van der Waals surface area contributed by atoms with Crippen LogP contribution >= 0.6 is 0 Å². The Labute approximate surface area is 278 Å². The number of nitrogens with one attached hydrogen (secondary N) is 4. The zero-order valence-corrected chi connectivity index (χ0v) is 26.6. The van der Waals surface area contributed by atoms with Crippen LogP contribution in [-0.2, 0) is 4.79 Å². The van der Waals surface area contributed by atoms with Crippen molar-refractivity contribution in [3.05, 3.63) is 78.1 Å². The van der Waals surface area contributed by atoms with Gasteiger partial charge in [-0.05, 0) is 36.9 Å². The number of rotatable bonds is 10. The van der Waals surface area contributed by atoms with Crippen LogP contribution in [-0.4, -0.2) is 98.7 Å². The number of carbonyl (C=O) groups excluding carboxylic acids is 2. The zero-order valence-electron chi connectivity index (χ0n) is 26.6. The Hall–Kier alpha value is -4.79. The molecule has 4 aromatic rings. The molecule has 1 aliphatic carbocycles. The Balaban J connectivity index is 1.19. The van der Waals surface area contributed by atoms with Gasteiger partial charge in [0.25, 0.3) is 0 Å². The molecule has 2 aromatic heterocycles. The van der Waals surface area contributed by atoms with Gasteiger partial charge in [0.2, 0.25) is 11.9 Å². The van der Waals surface area contributed by atoms with Gasteiger partial charge in [-0.2, -0.15) is 9.97 Å². The average molecular weight is 655 g/mol. The maximum atomic E-state index is 12.7. The summed E-state index contributed by atoms with van der Waals surface area (Å²) in [5.41, 5.74) is 8.81. The number of hydrogen-bond acceptors (Lipinski definition) is 10. The third kappa shape index (κ3) is 6.50. The monoisotopic (exact) mass is 654 g/mol. The Morgan fingerprint density at radius 1 is 0.958 bits per heavy atom. The van der Waals surface area contributed by atoms with Crippen molar-refractivity contribution in [2.75, 3.05) is 42.9 Å². The Kier molecular flexibility index (Phi) is 9.11. The minimum Gasteiger partial charge on any atom is -0.390 e. The number of urea groups is 1. The first-order chi connectivity index (χ1) is 23.4. The predicted octanol–water partition coefficient (Wildman–Crippen LogP) is 1.08. The highest BCUT2D eigenvalue weighted by molar-refractivity contribution is 5.85. The molecule has 48 heavy (non-hydrogen) atoms. The molecule has 0 spiro atoms. The maximum Gasteiger partial charge on any atom is 0.315 e. The van der Waals surface area contributed by atoms with Crippen LogP contribution in [0.3, 0.4) is 0 Å². The molecule has 3 aliphatic rings. The minimum absolute atomic E-state index is 0.0139. The number of nitrogens with zero attached hydrogens (tertiary/aromatic N) is 5. The molecular formula is C34H42N10O4. The number of aliphatic hydroxyl groups excluding tert-OH is 2. The minimum atomic E-state index is -1.29. The Morgan fingerprint density at radius 2 is 1.67 bits per heavy atom. The van der Waals surface area contributed by atoms with Crippen molar-refractivity contribution in [1.82, 2.24) is 35.5 Å². The lowest BCUT2D eigenvalue weighted by atomic mass is 9.91. The summed E-state index contributed by atoms with van der Waals surface area (Å²) in [6, 6.07) is 19.7. The molecule has 1 saturated carbocycles. The van der Waals surface area contributed by atoms with E-state index < -0.39 is 30.1 Å². The van der Waals surface area contributed by atoms with Gasteiger partial charge in [-0.15, -0.1) is 0 Å². The highest BCUT2D eigenvalue weighted by Gasteiger charge is 2.46. The summed E-state index contributed by atoms with van der Waals surface area (Å²) in [6.07, 6.45) is 0.820. The van der Waals surface area contributed by atoms with Gasteiger partial charge in [0.05, 0.1) is 24.4 Å². The molecule has 3 fully saturated rings. The van der Waals surface area contributed by atoms with Gasteiger partial charge >= 0.3 is 6.03 Å². The maximum absolute atomic E-state index is 12.7. The van der Waals surface area contributed by atoms with Crippen LogP contribution in [0.1, 0.15) is 42.3 Å². The van der Waals surface area contributed by atoms with Crippen molar-refractivity contribution in [2.24, 2.45) is 11.7 Å². The number of hydrogen-bond donors (Lipinski definition) is 7. The van der Waals surface area contributed by atoms with Crippen LogP contribution < -0.4 is 31.9 Å². The second-order valence-corrected chi connectivity index (χ2v) is 13.0. The predicted molar refractivity (Wildman–Crippen MR) is 180 cm³/mol. The number of aliphatic hydroxyl groups is 2. The molecule has 4 heterocycles. The number of primary amides is 1. The van der Waals surface area contributed by atoms with E-state index in [-0.39, 0.29) is 30.5 Å². The molecule has 8 N–H and O–H groups in total. The number of amides is 3. The van der Waals surface area contributed by atoms with Gasteiger partial charge in [-0.1, -0.05) is 60.7 Å². The number of carbonyl (C=O) groups is 2. The molecular weight excluding hydrogens is 612 g/mol. The summed E-state index contributed by atoms with van der Waals surface area (Å²) in [4.78, 5) is 41.3. The Morgan fingerprint density at radius 3 is 2.31 bits per heavy atom. The SMILES string of the molecule is NC(=O)[C@H]1C[C@@H](n2cnc3c(NCC(c4ccccc4)c4ccccc4)nc(N4CC[C@@H](NC(=O)NC5CCNC5)C4)nc32)[C@H](O)[C@@H]1O. The van der Waals surface area contributed by atoms with Crippen LogP contribution in [0.4, 0.5) is 16.6 Å². The fourth-order valence-electron chi connectivity index (χ4n) is 7.23. The number of anilines is 2. The van der Waals surface area contributed by atoms with E-state index in [4.69, 9.17) is 15.7 Å². The van der Waals surface area contributed by atoms with Crippen molar-refractivity contribution in [1.29, 1.82) is 0 Å². The fourth-order valence-corrected chi connectivity index (χ4v) is 7.23. The molecule has 0 bridgehead atoms. The van der Waals surface area contributed by atoms with Crippen molar-refractivity contribution in [3.8, 4) is 0 Å². The molecule has 7 rings (SSSR count). The number of nitrogens with two attached hydrogens (primary N) is 1.